The van der Waals surface area contributed by atoms with Crippen LogP contribution in [0.1, 0.15) is 50.5 Å². The summed E-state index contributed by atoms with van der Waals surface area (Å²) in [7, 11) is -0.736. The Bertz CT molecular complexity index is 1240. The second-order valence-electron chi connectivity index (χ2n) is 8.83. The predicted molar refractivity (Wildman–Crippen MR) is 138 cm³/mol. The molecule has 0 spiro atoms. The highest BCUT2D eigenvalue weighted by Gasteiger charge is 2.26. The largest absolute Gasteiger partial charge is 0.481 e. The summed E-state index contributed by atoms with van der Waals surface area (Å²) in [6.45, 7) is 3.67. The molecule has 1 atom stereocenters. The average Bonchev–Trinajstić information content (AvgIpc) is 3.34. The van der Waals surface area contributed by atoms with Gasteiger partial charge in [-0.25, -0.2) is 19.0 Å². The summed E-state index contributed by atoms with van der Waals surface area (Å²) < 4.78 is 30.6. The number of rotatable bonds is 7. The molecule has 1 saturated carbocycles. The molecular weight excluding hydrogens is 484 g/mol. The minimum atomic E-state index is -2.30. The first kappa shape index (κ1) is 25.1. The predicted octanol–water partition coefficient (Wildman–Crippen LogP) is 5.64. The van der Waals surface area contributed by atoms with E-state index in [-0.39, 0.29) is 18.2 Å². The highest BCUT2D eigenvalue weighted by molar-refractivity contribution is 7.73. The van der Waals surface area contributed by atoms with Crippen LogP contribution in [0.2, 0.25) is 0 Å². The van der Waals surface area contributed by atoms with Crippen molar-refractivity contribution >= 4 is 28.0 Å². The molecule has 2 heterocycles. The van der Waals surface area contributed by atoms with Crippen LogP contribution in [0.4, 0.5) is 4.79 Å². The minimum Gasteiger partial charge on any atom is -0.481 e. The van der Waals surface area contributed by atoms with E-state index in [4.69, 9.17) is 14.3 Å². The molecule has 0 aliphatic heterocycles. The molecule has 8 nitrogen and oxygen atoms in total. The van der Waals surface area contributed by atoms with Gasteiger partial charge in [0.2, 0.25) is 5.88 Å². The SMILES string of the molecule is COc1ccc(-c2ccc(-c3cnc(C4CCC(NC(=O)OC(C)C)CC4)s3)c([SH](=N)=O)c2)cn1. The van der Waals surface area contributed by atoms with Crippen LogP contribution >= 0.6 is 11.3 Å². The van der Waals surface area contributed by atoms with Gasteiger partial charge in [0.25, 0.3) is 0 Å². The van der Waals surface area contributed by atoms with Gasteiger partial charge in [-0.15, -0.1) is 11.3 Å². The molecule has 1 unspecified atom stereocenters. The van der Waals surface area contributed by atoms with Crippen molar-refractivity contribution in [1.82, 2.24) is 15.3 Å². The average molecular weight is 515 g/mol. The van der Waals surface area contributed by atoms with Gasteiger partial charge in [-0.3, -0.25) is 4.78 Å². The number of amides is 1. The molecule has 3 aromatic rings. The van der Waals surface area contributed by atoms with Crippen molar-refractivity contribution in [3.63, 3.8) is 0 Å². The molecule has 1 aliphatic rings. The molecule has 2 aromatic heterocycles. The molecule has 2 N–H and O–H groups in total. The van der Waals surface area contributed by atoms with E-state index in [0.29, 0.717) is 16.7 Å². The third kappa shape index (κ3) is 6.18. The number of aromatic nitrogens is 2. The fourth-order valence-corrected chi connectivity index (χ4v) is 6.13. The summed E-state index contributed by atoms with van der Waals surface area (Å²) in [5.74, 6) is 0.848. The van der Waals surface area contributed by atoms with Crippen molar-refractivity contribution in [2.24, 2.45) is 0 Å². The Morgan fingerprint density at radius 3 is 2.49 bits per heavy atom. The maximum Gasteiger partial charge on any atom is 0.407 e. The lowest BCUT2D eigenvalue weighted by Gasteiger charge is -2.28. The Kier molecular flexibility index (Phi) is 8.02. The molecule has 0 bridgehead atoms. The lowest BCUT2D eigenvalue weighted by Crippen LogP contribution is -2.38. The number of pyridine rings is 1. The van der Waals surface area contributed by atoms with Crippen molar-refractivity contribution in [2.45, 2.75) is 62.5 Å². The fraction of sp³-hybridized carbons (Fsp3) is 0.400. The number of thiazole rings is 1. The van der Waals surface area contributed by atoms with Crippen LogP contribution in [0.25, 0.3) is 21.6 Å². The fourth-order valence-electron chi connectivity index (χ4n) is 4.26. The monoisotopic (exact) mass is 514 g/mol. The van der Waals surface area contributed by atoms with Crippen LogP contribution in [0.15, 0.2) is 47.6 Å². The van der Waals surface area contributed by atoms with Gasteiger partial charge in [-0.05, 0) is 57.2 Å². The summed E-state index contributed by atoms with van der Waals surface area (Å²) in [5.41, 5.74) is 2.49. The summed E-state index contributed by atoms with van der Waals surface area (Å²) in [5, 5.41) is 3.99. The van der Waals surface area contributed by atoms with Gasteiger partial charge < -0.3 is 14.8 Å². The van der Waals surface area contributed by atoms with Crippen LogP contribution in [-0.2, 0) is 15.3 Å². The Labute approximate surface area is 211 Å². The van der Waals surface area contributed by atoms with Crippen molar-refractivity contribution in [3.8, 4) is 27.4 Å². The number of ether oxygens (including phenoxy) is 2. The van der Waals surface area contributed by atoms with E-state index < -0.39 is 10.6 Å². The first-order valence-corrected chi connectivity index (χ1v) is 13.7. The minimum absolute atomic E-state index is 0.121. The van der Waals surface area contributed by atoms with Crippen LogP contribution in [0.5, 0.6) is 5.88 Å². The van der Waals surface area contributed by atoms with E-state index >= 15 is 0 Å². The maximum absolute atomic E-state index is 12.3. The topological polar surface area (TPSA) is 114 Å². The van der Waals surface area contributed by atoms with Crippen LogP contribution in [-0.4, -0.2) is 39.5 Å². The van der Waals surface area contributed by atoms with Gasteiger partial charge in [0.1, 0.15) is 0 Å². The number of nitrogens with one attached hydrogen (secondary N) is 2. The zero-order chi connectivity index (χ0) is 24.9. The zero-order valence-corrected chi connectivity index (χ0v) is 21.7. The van der Waals surface area contributed by atoms with E-state index in [9.17, 15) is 9.00 Å². The quantitative estimate of drug-likeness (QED) is 0.351. The highest BCUT2D eigenvalue weighted by atomic mass is 32.2. The van der Waals surface area contributed by atoms with Gasteiger partial charge >= 0.3 is 6.09 Å². The number of thiol groups is 1. The molecule has 1 amide bonds. The molecular formula is C25H30N4O4S2. The Balaban J connectivity index is 1.47. The smallest absolute Gasteiger partial charge is 0.407 e. The molecule has 35 heavy (non-hydrogen) atoms. The van der Waals surface area contributed by atoms with Gasteiger partial charge in [0.15, 0.2) is 0 Å². The van der Waals surface area contributed by atoms with Gasteiger partial charge in [0.05, 0.1) is 38.6 Å². The standard InChI is InChI=1S/C25H30N4O4S2/c1-15(2)33-25(30)29-19-8-4-16(5-9-19)24-28-14-21(34-24)20-10-6-17(12-22(20)35(26)31)18-7-11-23(32-3)27-13-18/h6-7,10-16,19,26,35H,4-5,8-9H2,1-3H3,(H,29,30). The third-order valence-electron chi connectivity index (χ3n) is 6.03. The lowest BCUT2D eigenvalue weighted by molar-refractivity contribution is 0.109. The molecule has 1 aromatic carbocycles. The Morgan fingerprint density at radius 1 is 1.11 bits per heavy atom. The lowest BCUT2D eigenvalue weighted by atomic mass is 9.86. The summed E-state index contributed by atoms with van der Waals surface area (Å²) in [6, 6.07) is 9.45. The van der Waals surface area contributed by atoms with Gasteiger partial charge in [-0.1, -0.05) is 12.1 Å². The van der Waals surface area contributed by atoms with E-state index in [2.05, 4.69) is 15.3 Å². The Hall–Kier alpha value is -2.98. The zero-order valence-electron chi connectivity index (χ0n) is 20.0. The molecule has 1 fully saturated rings. The molecule has 0 radical (unpaired) electrons. The number of nitrogens with zero attached hydrogens (tertiary/aromatic N) is 2. The Morgan fingerprint density at radius 2 is 1.86 bits per heavy atom. The maximum atomic E-state index is 12.3. The van der Waals surface area contributed by atoms with E-state index in [1.165, 1.54) is 0 Å². The third-order valence-corrected chi connectivity index (χ3v) is 8.03. The first-order chi connectivity index (χ1) is 16.8. The van der Waals surface area contributed by atoms with E-state index in [1.807, 2.05) is 38.2 Å². The second-order valence-corrected chi connectivity index (χ2v) is 11.0. The first-order valence-electron chi connectivity index (χ1n) is 11.6. The van der Waals surface area contributed by atoms with E-state index in [1.54, 1.807) is 36.8 Å². The molecule has 186 valence electrons. The number of carbonyl (C=O) groups is 1. The van der Waals surface area contributed by atoms with Crippen molar-refractivity contribution in [1.29, 1.82) is 4.78 Å². The van der Waals surface area contributed by atoms with Crippen molar-refractivity contribution in [2.75, 3.05) is 7.11 Å². The number of hydrogen-bond acceptors (Lipinski definition) is 8. The number of alkyl carbamates (subject to hydrolysis) is 1. The van der Waals surface area contributed by atoms with Gasteiger partial charge in [-0.2, -0.15) is 0 Å². The van der Waals surface area contributed by atoms with Crippen LogP contribution < -0.4 is 10.1 Å². The normalized spacial score (nSPS) is 18.7. The number of hydrogen-bond donors (Lipinski definition) is 3. The highest BCUT2D eigenvalue weighted by Crippen LogP contribution is 2.39. The van der Waals surface area contributed by atoms with Crippen molar-refractivity contribution in [3.05, 3.63) is 47.7 Å². The van der Waals surface area contributed by atoms with Crippen LogP contribution in [0.3, 0.4) is 0 Å². The summed E-state index contributed by atoms with van der Waals surface area (Å²) in [4.78, 5) is 22.2. The number of benzene rings is 1. The number of carbonyl (C=O) groups excluding carboxylic acids is 1. The molecule has 1 aliphatic carbocycles. The van der Waals surface area contributed by atoms with E-state index in [0.717, 1.165) is 52.3 Å². The number of methoxy groups -OCH3 is 1. The molecule has 10 heteroatoms. The van der Waals surface area contributed by atoms with Crippen LogP contribution in [0, 0.1) is 4.78 Å². The molecule has 4 rings (SSSR count). The summed E-state index contributed by atoms with van der Waals surface area (Å²) in [6.07, 6.45) is 6.65. The van der Waals surface area contributed by atoms with Gasteiger partial charge in [0, 0.05) is 41.5 Å². The van der Waals surface area contributed by atoms with Crippen molar-refractivity contribution < 1.29 is 18.5 Å². The molecule has 0 saturated heterocycles. The second kappa shape index (κ2) is 11.2. The summed E-state index contributed by atoms with van der Waals surface area (Å²) >= 11 is 1.59.